The fraction of sp³-hybridized carbons (Fsp3) is 0.304. The summed E-state index contributed by atoms with van der Waals surface area (Å²) in [6.07, 6.45) is 9.29. The van der Waals surface area contributed by atoms with Crippen molar-refractivity contribution >= 4 is 16.8 Å². The Labute approximate surface area is 179 Å². The Bertz CT molecular complexity index is 1290. The first-order valence-corrected chi connectivity index (χ1v) is 10.5. The topological polar surface area (TPSA) is 78.0 Å². The van der Waals surface area contributed by atoms with E-state index in [1.165, 1.54) is 10.7 Å². The van der Waals surface area contributed by atoms with Crippen molar-refractivity contribution in [2.45, 2.75) is 31.8 Å². The third-order valence-corrected chi connectivity index (χ3v) is 6.02. The largest absolute Gasteiger partial charge is 0.350 e. The number of aromatic nitrogens is 5. The van der Waals surface area contributed by atoms with Gasteiger partial charge in [-0.15, -0.1) is 0 Å². The highest BCUT2D eigenvalue weighted by Gasteiger charge is 2.30. The highest BCUT2D eigenvalue weighted by Crippen LogP contribution is 2.24. The first-order valence-electron chi connectivity index (χ1n) is 10.5. The minimum Gasteiger partial charge on any atom is -0.350 e. The van der Waals surface area contributed by atoms with E-state index in [1.54, 1.807) is 29.4 Å². The number of carbonyl (C=O) groups is 1. The second kappa shape index (κ2) is 7.86. The van der Waals surface area contributed by atoms with Crippen LogP contribution < -0.4 is 5.56 Å². The van der Waals surface area contributed by atoms with E-state index in [4.69, 9.17) is 0 Å². The van der Waals surface area contributed by atoms with Crippen molar-refractivity contribution in [3.63, 3.8) is 0 Å². The zero-order valence-electron chi connectivity index (χ0n) is 17.4. The third-order valence-electron chi connectivity index (χ3n) is 6.02. The maximum Gasteiger partial charge on any atom is 0.266 e. The zero-order valence-corrected chi connectivity index (χ0v) is 17.4. The first kappa shape index (κ1) is 19.3. The second-order valence-electron chi connectivity index (χ2n) is 8.02. The van der Waals surface area contributed by atoms with Gasteiger partial charge in [-0.05, 0) is 30.5 Å². The Balaban J connectivity index is 1.36. The highest BCUT2D eigenvalue weighted by molar-refractivity contribution is 5.89. The van der Waals surface area contributed by atoms with Gasteiger partial charge in [-0.25, -0.2) is 9.67 Å². The molecule has 8 nitrogen and oxygen atoms in total. The summed E-state index contributed by atoms with van der Waals surface area (Å²) >= 11 is 0. The van der Waals surface area contributed by atoms with E-state index >= 15 is 0 Å². The molecule has 1 aliphatic rings. The van der Waals surface area contributed by atoms with Gasteiger partial charge in [0.15, 0.2) is 5.82 Å². The number of rotatable bonds is 5. The summed E-state index contributed by atoms with van der Waals surface area (Å²) in [4.78, 5) is 31.6. The van der Waals surface area contributed by atoms with Gasteiger partial charge in [-0.3, -0.25) is 14.2 Å². The lowest BCUT2D eigenvalue weighted by Crippen LogP contribution is -2.41. The Kier molecular flexibility index (Phi) is 4.89. The van der Waals surface area contributed by atoms with Gasteiger partial charge < -0.3 is 9.47 Å². The average Bonchev–Trinajstić information content (AvgIpc) is 3.52. The van der Waals surface area contributed by atoms with Crippen molar-refractivity contribution in [2.75, 3.05) is 6.54 Å². The molecule has 1 aliphatic heterocycles. The van der Waals surface area contributed by atoms with Crippen molar-refractivity contribution in [1.29, 1.82) is 0 Å². The number of likely N-dealkylation sites (tertiary alicyclic amines) is 1. The van der Waals surface area contributed by atoms with E-state index in [2.05, 4.69) is 26.8 Å². The predicted octanol–water partition coefficient (Wildman–Crippen LogP) is 2.15. The molecule has 4 heterocycles. The quantitative estimate of drug-likeness (QED) is 0.500. The van der Waals surface area contributed by atoms with Gasteiger partial charge in [0.25, 0.3) is 5.56 Å². The molecule has 0 saturated carbocycles. The average molecular weight is 416 g/mol. The van der Waals surface area contributed by atoms with E-state index < -0.39 is 0 Å². The van der Waals surface area contributed by atoms with E-state index in [0.29, 0.717) is 25.3 Å². The van der Waals surface area contributed by atoms with Crippen LogP contribution in [0.1, 0.15) is 18.4 Å². The number of imidazole rings is 1. The number of nitrogens with zero attached hydrogens (tertiary/aromatic N) is 6. The van der Waals surface area contributed by atoms with E-state index in [9.17, 15) is 9.59 Å². The minimum absolute atomic E-state index is 0.0364. The molecule has 1 aromatic carbocycles. The standard InChI is InChI=1S/C23H24N6O2/c1-26-14-17(19-6-2-3-7-20(19)26)13-23(31)28-11-4-5-18(28)15-29-22(30)9-8-21(25-29)27-12-10-24-16-27/h2-3,6-10,12,14,16,18H,4-5,11,13,15H2,1H3. The molecular formula is C23H24N6O2. The second-order valence-corrected chi connectivity index (χ2v) is 8.02. The summed E-state index contributed by atoms with van der Waals surface area (Å²) in [5.74, 6) is 0.724. The van der Waals surface area contributed by atoms with Crippen molar-refractivity contribution in [2.24, 2.45) is 7.05 Å². The molecule has 5 rings (SSSR count). The molecule has 4 aromatic rings. The number of fused-ring (bicyclic) bond motifs is 1. The van der Waals surface area contributed by atoms with Gasteiger partial charge in [0.05, 0.1) is 19.0 Å². The highest BCUT2D eigenvalue weighted by atomic mass is 16.2. The van der Waals surface area contributed by atoms with Crippen LogP contribution in [0, 0.1) is 0 Å². The van der Waals surface area contributed by atoms with Crippen LogP contribution in [-0.4, -0.2) is 47.3 Å². The van der Waals surface area contributed by atoms with Crippen LogP contribution in [0.3, 0.4) is 0 Å². The zero-order chi connectivity index (χ0) is 21.4. The number of aryl methyl sites for hydroxylation is 1. The number of amides is 1. The molecule has 1 atom stereocenters. The molecule has 1 amide bonds. The van der Waals surface area contributed by atoms with Crippen LogP contribution in [0.15, 0.2) is 66.1 Å². The van der Waals surface area contributed by atoms with Gasteiger partial charge in [0.1, 0.15) is 6.33 Å². The van der Waals surface area contributed by atoms with Crippen LogP contribution in [-0.2, 0) is 24.8 Å². The minimum atomic E-state index is -0.169. The monoisotopic (exact) mass is 416 g/mol. The molecule has 0 bridgehead atoms. The van der Waals surface area contributed by atoms with Gasteiger partial charge in [-0.1, -0.05) is 18.2 Å². The summed E-state index contributed by atoms with van der Waals surface area (Å²) in [6, 6.07) is 11.3. The predicted molar refractivity (Wildman–Crippen MR) is 117 cm³/mol. The maximum atomic E-state index is 13.2. The normalized spacial score (nSPS) is 16.3. The molecule has 1 saturated heterocycles. The molecule has 0 spiro atoms. The summed E-state index contributed by atoms with van der Waals surface area (Å²) < 4.78 is 5.28. The van der Waals surface area contributed by atoms with Crippen LogP contribution in [0.25, 0.3) is 16.7 Å². The van der Waals surface area contributed by atoms with Gasteiger partial charge >= 0.3 is 0 Å². The molecule has 158 valence electrons. The summed E-state index contributed by atoms with van der Waals surface area (Å²) in [5.41, 5.74) is 1.98. The molecule has 0 radical (unpaired) electrons. The SMILES string of the molecule is Cn1cc(CC(=O)N2CCCC2Cn2nc(-n3ccnc3)ccc2=O)c2ccccc21. The summed E-state index contributed by atoms with van der Waals surface area (Å²) in [7, 11) is 2.00. The van der Waals surface area contributed by atoms with Crippen molar-refractivity contribution in [3.8, 4) is 5.82 Å². The van der Waals surface area contributed by atoms with E-state index in [-0.39, 0.29) is 17.5 Å². The molecular weight excluding hydrogens is 392 g/mol. The number of carbonyl (C=O) groups excluding carboxylic acids is 1. The first-order chi connectivity index (χ1) is 15.1. The van der Waals surface area contributed by atoms with Crippen LogP contribution in [0.5, 0.6) is 0 Å². The Hall–Kier alpha value is -3.68. The lowest BCUT2D eigenvalue weighted by molar-refractivity contribution is -0.131. The van der Waals surface area contributed by atoms with Crippen molar-refractivity contribution < 1.29 is 4.79 Å². The Morgan fingerprint density at radius 3 is 2.90 bits per heavy atom. The van der Waals surface area contributed by atoms with E-state index in [1.807, 2.05) is 30.3 Å². The number of benzene rings is 1. The lowest BCUT2D eigenvalue weighted by atomic mass is 10.1. The van der Waals surface area contributed by atoms with Crippen LogP contribution in [0.4, 0.5) is 0 Å². The maximum absolute atomic E-state index is 13.2. The molecule has 0 N–H and O–H groups in total. The third kappa shape index (κ3) is 3.65. The smallest absolute Gasteiger partial charge is 0.266 e. The number of hydrogen-bond acceptors (Lipinski definition) is 4. The Morgan fingerprint density at radius 2 is 2.06 bits per heavy atom. The molecule has 31 heavy (non-hydrogen) atoms. The molecule has 3 aromatic heterocycles. The van der Waals surface area contributed by atoms with Crippen LogP contribution >= 0.6 is 0 Å². The van der Waals surface area contributed by atoms with Gasteiger partial charge in [-0.2, -0.15) is 5.10 Å². The fourth-order valence-corrected chi connectivity index (χ4v) is 4.49. The molecule has 0 aliphatic carbocycles. The van der Waals surface area contributed by atoms with Crippen molar-refractivity contribution in [1.82, 2.24) is 28.8 Å². The molecule has 1 unspecified atom stereocenters. The molecule has 8 heteroatoms. The molecule has 1 fully saturated rings. The number of hydrogen-bond donors (Lipinski definition) is 0. The van der Waals surface area contributed by atoms with E-state index in [0.717, 1.165) is 29.3 Å². The number of para-hydroxylation sites is 1. The van der Waals surface area contributed by atoms with Gasteiger partial charge in [0.2, 0.25) is 5.91 Å². The van der Waals surface area contributed by atoms with Crippen molar-refractivity contribution in [3.05, 3.63) is 77.2 Å². The fourth-order valence-electron chi connectivity index (χ4n) is 4.49. The summed E-state index contributed by atoms with van der Waals surface area (Å²) in [6.45, 7) is 1.10. The van der Waals surface area contributed by atoms with Gasteiger partial charge in [0, 0.05) is 49.2 Å². The lowest BCUT2D eigenvalue weighted by Gasteiger charge is -2.25. The Morgan fingerprint density at radius 1 is 1.19 bits per heavy atom. The van der Waals surface area contributed by atoms with Crippen LogP contribution in [0.2, 0.25) is 0 Å². The summed E-state index contributed by atoms with van der Waals surface area (Å²) in [5, 5.41) is 5.60.